The number of carbonyl (C=O) groups excluding carboxylic acids is 1. The van der Waals surface area contributed by atoms with E-state index in [0.717, 1.165) is 0 Å². The zero-order valence-corrected chi connectivity index (χ0v) is 14.8. The van der Waals surface area contributed by atoms with E-state index in [4.69, 9.17) is 22.3 Å². The van der Waals surface area contributed by atoms with Gasteiger partial charge in [-0.3, -0.25) is 9.00 Å². The number of hydrogen-bond acceptors (Lipinski definition) is 4. The van der Waals surface area contributed by atoms with E-state index >= 15 is 0 Å². The maximum atomic E-state index is 12.1. The second kappa shape index (κ2) is 7.09. The molecule has 9 heteroatoms. The van der Waals surface area contributed by atoms with Gasteiger partial charge in [0.15, 0.2) is 0 Å². The van der Waals surface area contributed by atoms with Gasteiger partial charge in [-0.2, -0.15) is 0 Å². The first-order valence-electron chi connectivity index (χ1n) is 5.89. The molecule has 1 aromatic rings. The summed E-state index contributed by atoms with van der Waals surface area (Å²) in [6, 6.07) is 2.56. The zero-order valence-electron chi connectivity index (χ0n) is 11.6. The molecule has 0 saturated carbocycles. The van der Waals surface area contributed by atoms with Crippen molar-refractivity contribution in [2.24, 2.45) is 0 Å². The third-order valence-corrected chi connectivity index (χ3v) is 5.92. The van der Waals surface area contributed by atoms with E-state index in [0.29, 0.717) is 0 Å². The molecule has 0 spiro atoms. The number of hydrogen-bond donors (Lipinski definition) is 1. The lowest BCUT2D eigenvalue weighted by atomic mass is 10.1. The molecule has 5 nitrogen and oxygen atoms in total. The fraction of sp³-hybridized carbons (Fsp3) is 0.417. The van der Waals surface area contributed by atoms with E-state index in [1.54, 1.807) is 13.2 Å². The monoisotopic (exact) mass is 371 g/mol. The summed E-state index contributed by atoms with van der Waals surface area (Å²) in [6.07, 6.45) is 1.54. The van der Waals surface area contributed by atoms with Crippen LogP contribution in [0.1, 0.15) is 22.8 Å². The van der Waals surface area contributed by atoms with Gasteiger partial charge in [0.2, 0.25) is 0 Å². The number of rotatable bonds is 5. The van der Waals surface area contributed by atoms with Gasteiger partial charge in [0.25, 0.3) is 15.0 Å². The van der Waals surface area contributed by atoms with Crippen LogP contribution in [0.3, 0.4) is 0 Å². The molecule has 118 valence electrons. The Hall–Kier alpha value is -0.630. The predicted molar refractivity (Wildman–Crippen MR) is 85.1 cm³/mol. The van der Waals surface area contributed by atoms with Gasteiger partial charge in [0.1, 0.15) is 0 Å². The molecule has 0 saturated heterocycles. The molecule has 0 bridgehead atoms. The maximum Gasteiger partial charge on any atom is 0.261 e. The normalized spacial score (nSPS) is 14.5. The van der Waals surface area contributed by atoms with Gasteiger partial charge in [-0.05, 0) is 31.5 Å². The molecule has 1 amide bonds. The first-order chi connectivity index (χ1) is 9.54. The molecule has 21 heavy (non-hydrogen) atoms. The number of benzene rings is 1. The highest BCUT2D eigenvalue weighted by Gasteiger charge is 2.21. The van der Waals surface area contributed by atoms with Gasteiger partial charge in [-0.25, -0.2) is 8.42 Å². The lowest BCUT2D eigenvalue weighted by Crippen LogP contribution is -2.33. The number of halogens is 2. The fourth-order valence-corrected chi connectivity index (χ4v) is 3.42. The van der Waals surface area contributed by atoms with E-state index in [1.807, 2.05) is 0 Å². The smallest absolute Gasteiger partial charge is 0.261 e. The second-order valence-electron chi connectivity index (χ2n) is 4.53. The van der Waals surface area contributed by atoms with Crippen molar-refractivity contribution in [3.63, 3.8) is 0 Å². The minimum Gasteiger partial charge on any atom is -0.351 e. The molecule has 1 aromatic carbocycles. The molecular weight excluding hydrogens is 357 g/mol. The van der Waals surface area contributed by atoms with Gasteiger partial charge in [0.05, 0.1) is 4.90 Å². The van der Waals surface area contributed by atoms with E-state index in [-0.39, 0.29) is 32.8 Å². The van der Waals surface area contributed by atoms with Crippen molar-refractivity contribution >= 4 is 48.0 Å². The molecule has 1 N–H and O–H groups in total. The van der Waals surface area contributed by atoms with Crippen LogP contribution in [0.4, 0.5) is 0 Å². The van der Waals surface area contributed by atoms with Crippen molar-refractivity contribution in [1.29, 1.82) is 0 Å². The maximum absolute atomic E-state index is 12.1. The highest BCUT2D eigenvalue weighted by atomic mass is 35.7. The van der Waals surface area contributed by atoms with Crippen LogP contribution >= 0.6 is 22.3 Å². The first-order valence-corrected chi connectivity index (χ1v) is 10.2. The zero-order chi connectivity index (χ0) is 16.4. The average molecular weight is 372 g/mol. The third-order valence-electron chi connectivity index (χ3n) is 2.95. The van der Waals surface area contributed by atoms with Crippen LogP contribution in [0.2, 0.25) is 5.02 Å². The molecular formula is C12H15Cl2NO4S2. The Bertz CT molecular complexity index is 689. The molecule has 0 aliphatic carbocycles. The van der Waals surface area contributed by atoms with Gasteiger partial charge in [0, 0.05) is 50.1 Å². The molecule has 2 unspecified atom stereocenters. The Morgan fingerprint density at radius 2 is 2.00 bits per heavy atom. The van der Waals surface area contributed by atoms with E-state index in [2.05, 4.69) is 5.32 Å². The largest absolute Gasteiger partial charge is 0.351 e. The summed E-state index contributed by atoms with van der Waals surface area (Å²) < 4.78 is 34.2. The van der Waals surface area contributed by atoms with Crippen LogP contribution in [-0.4, -0.2) is 36.6 Å². The number of carbonyl (C=O) groups is 1. The molecule has 0 aliphatic heterocycles. The molecule has 0 radical (unpaired) electrons. The van der Waals surface area contributed by atoms with Crippen molar-refractivity contribution in [2.45, 2.75) is 24.0 Å². The number of nitrogens with one attached hydrogen (secondary N) is 1. The molecule has 0 fully saturated rings. The second-order valence-corrected chi connectivity index (χ2v) is 9.31. The van der Waals surface area contributed by atoms with Crippen LogP contribution in [0.5, 0.6) is 0 Å². The quantitative estimate of drug-likeness (QED) is 0.803. The third kappa shape index (κ3) is 4.95. The van der Waals surface area contributed by atoms with Crippen molar-refractivity contribution < 1.29 is 17.4 Å². The van der Waals surface area contributed by atoms with Gasteiger partial charge in [-0.15, -0.1) is 0 Å². The summed E-state index contributed by atoms with van der Waals surface area (Å²) in [6.45, 7) is 3.41. The minimum absolute atomic E-state index is 0.0945. The average Bonchev–Trinajstić information content (AvgIpc) is 2.36. The molecule has 0 aromatic heterocycles. The highest BCUT2D eigenvalue weighted by molar-refractivity contribution is 8.13. The summed E-state index contributed by atoms with van der Waals surface area (Å²) in [5, 5.41) is 2.47. The van der Waals surface area contributed by atoms with Crippen molar-refractivity contribution in [1.82, 2.24) is 5.32 Å². The Balaban J connectivity index is 3.11. The van der Waals surface area contributed by atoms with Crippen LogP contribution in [0, 0.1) is 6.92 Å². The molecule has 1 rings (SSSR count). The highest BCUT2D eigenvalue weighted by Crippen LogP contribution is 2.26. The predicted octanol–water partition coefficient (Wildman–Crippen LogP) is 2.07. The summed E-state index contributed by atoms with van der Waals surface area (Å²) in [5.41, 5.74) is 0.341. The van der Waals surface area contributed by atoms with Crippen LogP contribution in [0.25, 0.3) is 0 Å². The summed E-state index contributed by atoms with van der Waals surface area (Å²) in [7, 11) is 0.256. The van der Waals surface area contributed by atoms with Gasteiger partial charge in [-0.1, -0.05) is 11.6 Å². The summed E-state index contributed by atoms with van der Waals surface area (Å²) >= 11 is 5.83. The Kier molecular flexibility index (Phi) is 6.22. The number of amides is 1. The standard InChI is InChI=1S/C12H15Cl2NO4S2/c1-7(20(3)17)6-15-12(16)10-4-9(13)5-11(8(10)2)21(14,18)19/h4-5,7H,6H2,1-3H3,(H,15,16). The minimum atomic E-state index is -4.00. The first kappa shape index (κ1) is 18.4. The Morgan fingerprint density at radius 3 is 2.48 bits per heavy atom. The van der Waals surface area contributed by atoms with Crippen molar-refractivity contribution in [3.8, 4) is 0 Å². The van der Waals surface area contributed by atoms with Crippen LogP contribution in [-0.2, 0) is 19.9 Å². The SMILES string of the molecule is Cc1c(C(=O)NCC(C)S(C)=O)cc(Cl)cc1S(=O)(=O)Cl. The van der Waals surface area contributed by atoms with E-state index in [9.17, 15) is 17.4 Å². The Morgan fingerprint density at radius 1 is 1.43 bits per heavy atom. The topological polar surface area (TPSA) is 80.3 Å². The van der Waals surface area contributed by atoms with Crippen LogP contribution in [0.15, 0.2) is 17.0 Å². The lowest BCUT2D eigenvalue weighted by Gasteiger charge is -2.13. The van der Waals surface area contributed by atoms with E-state index in [1.165, 1.54) is 19.1 Å². The molecule has 0 heterocycles. The summed E-state index contributed by atoms with van der Waals surface area (Å²) in [5.74, 6) is -0.492. The lowest BCUT2D eigenvalue weighted by molar-refractivity contribution is 0.0953. The van der Waals surface area contributed by atoms with Gasteiger partial charge >= 0.3 is 0 Å². The van der Waals surface area contributed by atoms with Gasteiger partial charge < -0.3 is 5.32 Å². The Labute approximate surface area is 135 Å². The van der Waals surface area contributed by atoms with E-state index < -0.39 is 25.8 Å². The summed E-state index contributed by atoms with van der Waals surface area (Å²) in [4.78, 5) is 11.9. The van der Waals surface area contributed by atoms with Crippen molar-refractivity contribution in [2.75, 3.05) is 12.8 Å². The van der Waals surface area contributed by atoms with Crippen LogP contribution < -0.4 is 5.32 Å². The molecule has 2 atom stereocenters. The molecule has 0 aliphatic rings. The fourth-order valence-electron chi connectivity index (χ4n) is 1.59. The van der Waals surface area contributed by atoms with Crippen molar-refractivity contribution in [3.05, 3.63) is 28.3 Å².